The molecule has 0 bridgehead atoms. The summed E-state index contributed by atoms with van der Waals surface area (Å²) in [5, 5.41) is 10.7. The van der Waals surface area contributed by atoms with E-state index in [1.54, 1.807) is 4.90 Å². The molecule has 1 aliphatic rings. The van der Waals surface area contributed by atoms with Crippen molar-refractivity contribution in [1.82, 2.24) is 4.90 Å². The van der Waals surface area contributed by atoms with Gasteiger partial charge >= 0.3 is 6.09 Å². The largest absolute Gasteiger partial charge is 0.444 e. The van der Waals surface area contributed by atoms with Gasteiger partial charge in [-0.15, -0.1) is 0 Å². The van der Waals surface area contributed by atoms with Gasteiger partial charge in [-0.05, 0) is 68.4 Å². The van der Waals surface area contributed by atoms with Crippen LogP contribution < -0.4 is 0 Å². The summed E-state index contributed by atoms with van der Waals surface area (Å²) in [6, 6.07) is 18.3. The number of rotatable bonds is 3. The molecular formula is C24H27ClN2O2. The van der Waals surface area contributed by atoms with Gasteiger partial charge < -0.3 is 9.64 Å². The third-order valence-electron chi connectivity index (χ3n) is 5.25. The van der Waals surface area contributed by atoms with E-state index in [0.29, 0.717) is 18.1 Å². The van der Waals surface area contributed by atoms with E-state index in [9.17, 15) is 10.1 Å². The summed E-state index contributed by atoms with van der Waals surface area (Å²) in [6.45, 7) is 6.84. The lowest BCUT2D eigenvalue weighted by atomic mass is 9.78. The average molecular weight is 411 g/mol. The van der Waals surface area contributed by atoms with Crippen LogP contribution in [0.15, 0.2) is 48.5 Å². The Hall–Kier alpha value is -2.51. The Morgan fingerprint density at radius 2 is 1.76 bits per heavy atom. The Balaban J connectivity index is 1.76. The van der Waals surface area contributed by atoms with E-state index in [1.807, 2.05) is 63.2 Å². The summed E-state index contributed by atoms with van der Waals surface area (Å²) in [6.07, 6.45) is 1.30. The van der Waals surface area contributed by atoms with Crippen molar-refractivity contribution < 1.29 is 9.53 Å². The molecule has 1 saturated heterocycles. The zero-order valence-corrected chi connectivity index (χ0v) is 17.9. The summed E-state index contributed by atoms with van der Waals surface area (Å²) in [7, 11) is 0. The van der Waals surface area contributed by atoms with Crippen LogP contribution in [-0.4, -0.2) is 29.7 Å². The Kier molecular flexibility index (Phi) is 6.49. The van der Waals surface area contributed by atoms with Crippen molar-refractivity contribution in [3.63, 3.8) is 0 Å². The van der Waals surface area contributed by atoms with Crippen LogP contribution in [0.25, 0.3) is 11.1 Å². The predicted octanol–water partition coefficient (Wildman–Crippen LogP) is 6.26. The molecule has 1 fully saturated rings. The molecule has 2 aromatic carbocycles. The van der Waals surface area contributed by atoms with Gasteiger partial charge in [0, 0.05) is 18.1 Å². The van der Waals surface area contributed by atoms with Gasteiger partial charge in [0.2, 0.25) is 0 Å². The van der Waals surface area contributed by atoms with Crippen molar-refractivity contribution in [3.05, 3.63) is 59.1 Å². The maximum Gasteiger partial charge on any atom is 0.410 e. The molecule has 29 heavy (non-hydrogen) atoms. The van der Waals surface area contributed by atoms with Crippen molar-refractivity contribution >= 4 is 17.7 Å². The second-order valence-corrected chi connectivity index (χ2v) is 8.94. The Morgan fingerprint density at radius 1 is 1.14 bits per heavy atom. The highest BCUT2D eigenvalue weighted by atomic mass is 35.5. The molecule has 0 unspecified atom stereocenters. The number of nitrogens with zero attached hydrogens (tertiary/aromatic N) is 2. The second-order valence-electron chi connectivity index (χ2n) is 8.51. The molecule has 0 N–H and O–H groups in total. The van der Waals surface area contributed by atoms with Crippen LogP contribution in [0, 0.1) is 17.2 Å². The van der Waals surface area contributed by atoms with E-state index in [-0.39, 0.29) is 17.9 Å². The zero-order valence-electron chi connectivity index (χ0n) is 17.2. The summed E-state index contributed by atoms with van der Waals surface area (Å²) in [5.41, 5.74) is 2.65. The van der Waals surface area contributed by atoms with Crippen molar-refractivity contribution in [3.8, 4) is 17.2 Å². The number of hydrogen-bond donors (Lipinski definition) is 0. The lowest BCUT2D eigenvalue weighted by molar-refractivity contribution is 0.0180. The van der Waals surface area contributed by atoms with Gasteiger partial charge in [0.1, 0.15) is 5.60 Å². The van der Waals surface area contributed by atoms with Crippen LogP contribution in [0.5, 0.6) is 0 Å². The first-order valence-electron chi connectivity index (χ1n) is 10.0. The summed E-state index contributed by atoms with van der Waals surface area (Å²) >= 11 is 6.03. The van der Waals surface area contributed by atoms with Crippen LogP contribution in [0.4, 0.5) is 4.79 Å². The third-order valence-corrected chi connectivity index (χ3v) is 5.50. The molecule has 2 aromatic rings. The number of carbonyl (C=O) groups is 1. The van der Waals surface area contributed by atoms with Gasteiger partial charge in [0.25, 0.3) is 0 Å². The van der Waals surface area contributed by atoms with Crippen molar-refractivity contribution in [2.45, 2.75) is 45.1 Å². The average Bonchev–Trinajstić information content (AvgIpc) is 2.69. The second kappa shape index (κ2) is 8.88. The maximum absolute atomic E-state index is 12.3. The minimum atomic E-state index is -0.499. The highest BCUT2D eigenvalue weighted by Crippen LogP contribution is 2.38. The molecule has 0 aliphatic carbocycles. The molecule has 3 rings (SSSR count). The first kappa shape index (κ1) is 21.2. The lowest BCUT2D eigenvalue weighted by Crippen LogP contribution is -2.42. The highest BCUT2D eigenvalue weighted by Gasteiger charge is 2.32. The predicted molar refractivity (Wildman–Crippen MR) is 116 cm³/mol. The molecule has 0 saturated carbocycles. The molecule has 152 valence electrons. The van der Waals surface area contributed by atoms with E-state index in [4.69, 9.17) is 16.3 Å². The lowest BCUT2D eigenvalue weighted by Gasteiger charge is -2.35. The summed E-state index contributed by atoms with van der Waals surface area (Å²) in [4.78, 5) is 14.1. The van der Waals surface area contributed by atoms with Gasteiger partial charge in [-0.25, -0.2) is 4.79 Å². The smallest absolute Gasteiger partial charge is 0.410 e. The molecule has 1 aliphatic heterocycles. The molecule has 1 heterocycles. The fourth-order valence-electron chi connectivity index (χ4n) is 3.83. The van der Waals surface area contributed by atoms with Crippen molar-refractivity contribution in [1.29, 1.82) is 5.26 Å². The number of hydrogen-bond acceptors (Lipinski definition) is 3. The number of halogens is 1. The monoisotopic (exact) mass is 410 g/mol. The van der Waals surface area contributed by atoms with Gasteiger partial charge in [0.05, 0.1) is 12.0 Å². The van der Waals surface area contributed by atoms with E-state index < -0.39 is 5.60 Å². The highest BCUT2D eigenvalue weighted by molar-refractivity contribution is 6.30. The minimum Gasteiger partial charge on any atom is -0.444 e. The Bertz CT molecular complexity index is 888. The van der Waals surface area contributed by atoms with Crippen LogP contribution in [-0.2, 0) is 4.74 Å². The maximum atomic E-state index is 12.3. The summed E-state index contributed by atoms with van der Waals surface area (Å²) in [5.74, 6) is -0.0187. The first-order chi connectivity index (χ1) is 13.8. The number of carbonyl (C=O) groups excluding carboxylic acids is 1. The normalized spacial score (nSPS) is 16.2. The zero-order chi connectivity index (χ0) is 21.0. The quantitative estimate of drug-likeness (QED) is 0.599. The minimum absolute atomic E-state index is 0.201. The van der Waals surface area contributed by atoms with Crippen LogP contribution in [0.1, 0.15) is 45.1 Å². The van der Waals surface area contributed by atoms with E-state index in [1.165, 1.54) is 0 Å². The van der Waals surface area contributed by atoms with Crippen LogP contribution in [0.3, 0.4) is 0 Å². The first-order valence-corrected chi connectivity index (χ1v) is 10.4. The van der Waals surface area contributed by atoms with Crippen molar-refractivity contribution in [2.24, 2.45) is 5.92 Å². The van der Waals surface area contributed by atoms with Crippen molar-refractivity contribution in [2.75, 3.05) is 13.1 Å². The van der Waals surface area contributed by atoms with E-state index in [0.717, 1.165) is 29.5 Å². The molecular weight excluding hydrogens is 384 g/mol. The molecule has 0 spiro atoms. The molecule has 1 atom stereocenters. The number of nitriles is 1. The van der Waals surface area contributed by atoms with Crippen LogP contribution >= 0.6 is 11.6 Å². The fourth-order valence-corrected chi connectivity index (χ4v) is 3.96. The summed E-state index contributed by atoms with van der Waals surface area (Å²) < 4.78 is 5.48. The third kappa shape index (κ3) is 5.31. The number of benzene rings is 2. The van der Waals surface area contributed by atoms with Gasteiger partial charge in [0.15, 0.2) is 0 Å². The standard InChI is InChI=1S/C24H27ClN2O2/c1-24(2,3)29-23(28)27-14-12-18(13-15-27)22(16-26)21-7-5-4-6-20(21)17-8-10-19(25)11-9-17/h4-11,18,22H,12-15H2,1-3H3/t22-/m1/s1. The SMILES string of the molecule is CC(C)(C)OC(=O)N1CCC([C@@H](C#N)c2ccccc2-c2ccc(Cl)cc2)CC1. The topological polar surface area (TPSA) is 53.3 Å². The van der Waals surface area contributed by atoms with Gasteiger partial charge in [-0.1, -0.05) is 48.0 Å². The van der Waals surface area contributed by atoms with Gasteiger partial charge in [-0.3, -0.25) is 0 Å². The molecule has 0 aromatic heterocycles. The number of amides is 1. The molecule has 1 amide bonds. The Labute approximate surface area is 178 Å². The van der Waals surface area contributed by atoms with E-state index in [2.05, 4.69) is 12.1 Å². The number of ether oxygens (including phenoxy) is 1. The van der Waals surface area contributed by atoms with E-state index >= 15 is 0 Å². The Morgan fingerprint density at radius 3 is 2.34 bits per heavy atom. The fraction of sp³-hybridized carbons (Fsp3) is 0.417. The number of piperidine rings is 1. The van der Waals surface area contributed by atoms with Gasteiger partial charge in [-0.2, -0.15) is 5.26 Å². The van der Waals surface area contributed by atoms with Crippen LogP contribution in [0.2, 0.25) is 5.02 Å². The number of likely N-dealkylation sites (tertiary alicyclic amines) is 1. The molecule has 0 radical (unpaired) electrons. The molecule has 4 nitrogen and oxygen atoms in total. The molecule has 5 heteroatoms.